The summed E-state index contributed by atoms with van der Waals surface area (Å²) in [6.07, 6.45) is 0.0640. The zero-order chi connectivity index (χ0) is 13.8. The molecule has 0 N–H and O–H groups in total. The van der Waals surface area contributed by atoms with Gasteiger partial charge in [-0.2, -0.15) is 5.26 Å². The average Bonchev–Trinajstić information content (AvgIpc) is 2.93. The second kappa shape index (κ2) is 5.58. The van der Waals surface area contributed by atoms with E-state index in [-0.39, 0.29) is 18.6 Å². The van der Waals surface area contributed by atoms with Crippen molar-refractivity contribution in [2.45, 2.75) is 18.6 Å². The van der Waals surface area contributed by atoms with Gasteiger partial charge in [-0.15, -0.1) is 0 Å². The van der Waals surface area contributed by atoms with E-state index in [1.54, 1.807) is 0 Å². The first-order chi connectivity index (χ1) is 9.88. The van der Waals surface area contributed by atoms with Gasteiger partial charge in [0.1, 0.15) is 12.5 Å². The Hall–Kier alpha value is -2.60. The van der Waals surface area contributed by atoms with Crippen molar-refractivity contribution in [3.05, 3.63) is 71.8 Å². The van der Waals surface area contributed by atoms with Crippen LogP contribution in [-0.4, -0.2) is 5.90 Å². The lowest BCUT2D eigenvalue weighted by Gasteiger charge is -2.18. The molecule has 3 heteroatoms. The van der Waals surface area contributed by atoms with Gasteiger partial charge in [0.2, 0.25) is 0 Å². The van der Waals surface area contributed by atoms with Crippen LogP contribution in [0.15, 0.2) is 65.7 Å². The minimum Gasteiger partial charge on any atom is -0.469 e. The van der Waals surface area contributed by atoms with Crippen LogP contribution >= 0.6 is 0 Å². The third kappa shape index (κ3) is 2.41. The predicted molar refractivity (Wildman–Crippen MR) is 77.1 cm³/mol. The molecule has 0 unspecified atom stereocenters. The fourth-order valence-corrected chi connectivity index (χ4v) is 2.41. The SMILES string of the molecule is N#CCC1=N[C@H](c2ccccc2)[C@H](c2ccccc2)O1. The largest absolute Gasteiger partial charge is 0.469 e. The van der Waals surface area contributed by atoms with Crippen LogP contribution in [0.5, 0.6) is 0 Å². The standard InChI is InChI=1S/C17H14N2O/c18-12-11-15-19-16(13-7-3-1-4-8-13)17(20-15)14-9-5-2-6-10-14/h1-10,16-17H,11H2/t16-,17+/m1/s1. The smallest absolute Gasteiger partial charge is 0.199 e. The molecule has 2 aromatic carbocycles. The monoisotopic (exact) mass is 262 g/mol. The number of benzene rings is 2. The van der Waals surface area contributed by atoms with E-state index < -0.39 is 0 Å². The number of nitriles is 1. The molecular weight excluding hydrogens is 248 g/mol. The number of hydrogen-bond acceptors (Lipinski definition) is 3. The Morgan fingerprint density at radius 3 is 2.15 bits per heavy atom. The lowest BCUT2D eigenvalue weighted by molar-refractivity contribution is 0.193. The molecule has 1 aliphatic heterocycles. The van der Waals surface area contributed by atoms with Gasteiger partial charge >= 0.3 is 0 Å². The maximum absolute atomic E-state index is 8.83. The third-order valence-corrected chi connectivity index (χ3v) is 3.33. The number of nitrogens with zero attached hydrogens (tertiary/aromatic N) is 2. The minimum absolute atomic E-state index is 0.0815. The molecule has 0 radical (unpaired) electrons. The van der Waals surface area contributed by atoms with Crippen molar-refractivity contribution in [1.82, 2.24) is 0 Å². The zero-order valence-corrected chi connectivity index (χ0v) is 10.9. The van der Waals surface area contributed by atoms with E-state index in [2.05, 4.69) is 11.1 Å². The molecule has 0 aromatic heterocycles. The highest BCUT2D eigenvalue weighted by molar-refractivity contribution is 5.80. The van der Waals surface area contributed by atoms with Crippen LogP contribution in [0.25, 0.3) is 0 Å². The summed E-state index contributed by atoms with van der Waals surface area (Å²) in [5.41, 5.74) is 2.19. The predicted octanol–water partition coefficient (Wildman–Crippen LogP) is 3.81. The second-order valence-electron chi connectivity index (χ2n) is 4.66. The Morgan fingerprint density at radius 2 is 1.55 bits per heavy atom. The van der Waals surface area contributed by atoms with E-state index in [1.807, 2.05) is 60.7 Å². The molecule has 2 aromatic rings. The highest BCUT2D eigenvalue weighted by Gasteiger charge is 2.33. The van der Waals surface area contributed by atoms with Crippen molar-refractivity contribution >= 4 is 5.90 Å². The summed E-state index contributed by atoms with van der Waals surface area (Å²) < 4.78 is 5.88. The summed E-state index contributed by atoms with van der Waals surface area (Å²) in [7, 11) is 0. The van der Waals surface area contributed by atoms with Crippen molar-refractivity contribution in [2.75, 3.05) is 0 Å². The molecule has 1 heterocycles. The Kier molecular flexibility index (Phi) is 3.47. The normalized spacial score (nSPS) is 20.9. The Bertz CT molecular complexity index is 644. The molecular formula is C17H14N2O. The van der Waals surface area contributed by atoms with Gasteiger partial charge in [0.05, 0.1) is 6.07 Å². The Labute approximate surface area is 118 Å². The van der Waals surface area contributed by atoms with Crippen LogP contribution in [0.1, 0.15) is 29.7 Å². The fourth-order valence-electron chi connectivity index (χ4n) is 2.41. The molecule has 0 saturated carbocycles. The maximum atomic E-state index is 8.83. The second-order valence-corrected chi connectivity index (χ2v) is 4.66. The van der Waals surface area contributed by atoms with Crippen LogP contribution in [0.2, 0.25) is 0 Å². The van der Waals surface area contributed by atoms with E-state index >= 15 is 0 Å². The summed E-state index contributed by atoms with van der Waals surface area (Å²) in [4.78, 5) is 4.58. The van der Waals surface area contributed by atoms with Crippen molar-refractivity contribution in [2.24, 2.45) is 4.99 Å². The molecule has 0 bridgehead atoms. The van der Waals surface area contributed by atoms with Crippen molar-refractivity contribution in [1.29, 1.82) is 5.26 Å². The van der Waals surface area contributed by atoms with Gasteiger partial charge in [0, 0.05) is 0 Å². The summed E-state index contributed by atoms with van der Waals surface area (Å²) in [6, 6.07) is 22.1. The lowest BCUT2D eigenvalue weighted by atomic mass is 9.97. The maximum Gasteiger partial charge on any atom is 0.199 e. The van der Waals surface area contributed by atoms with Crippen LogP contribution in [0.4, 0.5) is 0 Å². The van der Waals surface area contributed by atoms with Crippen molar-refractivity contribution in [3.63, 3.8) is 0 Å². The molecule has 0 aliphatic carbocycles. The Morgan fingerprint density at radius 1 is 0.950 bits per heavy atom. The molecule has 2 atom stereocenters. The van der Waals surface area contributed by atoms with Crippen molar-refractivity contribution in [3.8, 4) is 6.07 Å². The first-order valence-corrected chi connectivity index (χ1v) is 6.58. The minimum atomic E-state index is -0.151. The summed E-state index contributed by atoms with van der Waals surface area (Å²) in [6.45, 7) is 0. The molecule has 98 valence electrons. The van der Waals surface area contributed by atoms with Gasteiger partial charge in [-0.25, -0.2) is 4.99 Å². The highest BCUT2D eigenvalue weighted by Crippen LogP contribution is 2.40. The van der Waals surface area contributed by atoms with E-state index in [4.69, 9.17) is 10.00 Å². The number of ether oxygens (including phenoxy) is 1. The van der Waals surface area contributed by atoms with Gasteiger partial charge in [0.15, 0.2) is 12.0 Å². The number of hydrogen-bond donors (Lipinski definition) is 0. The molecule has 20 heavy (non-hydrogen) atoms. The topological polar surface area (TPSA) is 45.4 Å². The van der Waals surface area contributed by atoms with Crippen LogP contribution < -0.4 is 0 Å². The Balaban J connectivity index is 1.96. The first-order valence-electron chi connectivity index (χ1n) is 6.58. The average molecular weight is 262 g/mol. The highest BCUT2D eigenvalue weighted by atomic mass is 16.5. The van der Waals surface area contributed by atoms with Crippen LogP contribution in [0, 0.1) is 11.3 Å². The molecule has 0 amide bonds. The van der Waals surface area contributed by atoms with E-state index in [9.17, 15) is 0 Å². The van der Waals surface area contributed by atoms with Gasteiger partial charge < -0.3 is 4.74 Å². The van der Waals surface area contributed by atoms with Gasteiger partial charge in [-0.3, -0.25) is 0 Å². The molecule has 0 saturated heterocycles. The quantitative estimate of drug-likeness (QED) is 0.844. The molecule has 0 spiro atoms. The summed E-state index contributed by atoms with van der Waals surface area (Å²) in [5, 5.41) is 8.83. The van der Waals surface area contributed by atoms with Gasteiger partial charge in [0.25, 0.3) is 0 Å². The number of rotatable bonds is 3. The fraction of sp³-hybridized carbons (Fsp3) is 0.176. The first kappa shape index (κ1) is 12.4. The van der Waals surface area contributed by atoms with Crippen LogP contribution in [-0.2, 0) is 4.74 Å². The lowest BCUT2D eigenvalue weighted by Crippen LogP contribution is -2.08. The van der Waals surface area contributed by atoms with Crippen LogP contribution in [0.3, 0.4) is 0 Å². The van der Waals surface area contributed by atoms with Gasteiger partial charge in [-0.1, -0.05) is 60.7 Å². The van der Waals surface area contributed by atoms with Crippen molar-refractivity contribution < 1.29 is 4.74 Å². The third-order valence-electron chi connectivity index (χ3n) is 3.33. The van der Waals surface area contributed by atoms with E-state index in [0.29, 0.717) is 5.90 Å². The van der Waals surface area contributed by atoms with Gasteiger partial charge in [-0.05, 0) is 11.1 Å². The molecule has 3 rings (SSSR count). The van der Waals surface area contributed by atoms with E-state index in [0.717, 1.165) is 11.1 Å². The molecule has 0 fully saturated rings. The zero-order valence-electron chi connectivity index (χ0n) is 10.9. The summed E-state index contributed by atoms with van der Waals surface area (Å²) in [5.74, 6) is 0.523. The summed E-state index contributed by atoms with van der Waals surface area (Å²) >= 11 is 0. The molecule has 1 aliphatic rings. The van der Waals surface area contributed by atoms with E-state index in [1.165, 1.54) is 0 Å². The number of aliphatic imine (C=N–C) groups is 1. The molecule has 3 nitrogen and oxygen atoms in total.